The van der Waals surface area contributed by atoms with Crippen LogP contribution < -0.4 is 11.1 Å². The van der Waals surface area contributed by atoms with Gasteiger partial charge in [0.15, 0.2) is 5.82 Å². The molecule has 0 saturated heterocycles. The topological polar surface area (TPSA) is 83.8 Å². The van der Waals surface area contributed by atoms with Crippen molar-refractivity contribution in [1.82, 2.24) is 10.2 Å². The van der Waals surface area contributed by atoms with E-state index in [4.69, 9.17) is 5.73 Å². The van der Waals surface area contributed by atoms with Gasteiger partial charge in [0.05, 0.1) is 6.04 Å². The third-order valence-corrected chi connectivity index (χ3v) is 2.77. The molecule has 3 atom stereocenters. The molecule has 1 aliphatic carbocycles. The number of anilines is 1. The lowest BCUT2D eigenvalue weighted by Crippen LogP contribution is -2.32. The fourth-order valence-corrected chi connectivity index (χ4v) is 1.59. The minimum atomic E-state index is -0.509. The summed E-state index contributed by atoms with van der Waals surface area (Å²) in [6.45, 7) is 3.84. The zero-order valence-electron chi connectivity index (χ0n) is 8.95. The number of amides is 1. The van der Waals surface area contributed by atoms with E-state index in [1.54, 1.807) is 6.92 Å². The number of hydrogen-bond donors (Lipinski definition) is 3. The van der Waals surface area contributed by atoms with Crippen LogP contribution in [0.15, 0.2) is 6.07 Å². The minimum absolute atomic E-state index is 0.211. The van der Waals surface area contributed by atoms with Crippen LogP contribution >= 0.6 is 0 Å². The monoisotopic (exact) mass is 208 g/mol. The van der Waals surface area contributed by atoms with Crippen LogP contribution in [0.25, 0.3) is 0 Å². The van der Waals surface area contributed by atoms with Crippen molar-refractivity contribution < 1.29 is 4.79 Å². The second-order valence-corrected chi connectivity index (χ2v) is 4.31. The molecule has 5 nitrogen and oxygen atoms in total. The first-order chi connectivity index (χ1) is 7.08. The van der Waals surface area contributed by atoms with Gasteiger partial charge in [-0.1, -0.05) is 6.92 Å². The van der Waals surface area contributed by atoms with Gasteiger partial charge in [0, 0.05) is 17.7 Å². The first-order valence-corrected chi connectivity index (χ1v) is 5.19. The standard InChI is InChI=1S/C10H16N4O/c1-5-3-7(5)8-4-9(14-13-8)12-10(15)6(2)11/h4-7H,3,11H2,1-2H3,(H2,12,13,14,15). The maximum absolute atomic E-state index is 11.3. The van der Waals surface area contributed by atoms with Gasteiger partial charge < -0.3 is 11.1 Å². The number of hydrogen-bond acceptors (Lipinski definition) is 3. The third-order valence-electron chi connectivity index (χ3n) is 2.77. The molecule has 1 aliphatic rings. The van der Waals surface area contributed by atoms with E-state index in [1.807, 2.05) is 6.07 Å². The molecule has 1 heterocycles. The fraction of sp³-hybridized carbons (Fsp3) is 0.600. The lowest BCUT2D eigenvalue weighted by Gasteiger charge is -2.03. The Kier molecular flexibility index (Phi) is 2.48. The number of nitrogens with zero attached hydrogens (tertiary/aromatic N) is 1. The average Bonchev–Trinajstić information content (AvgIpc) is 2.73. The van der Waals surface area contributed by atoms with Gasteiger partial charge in [-0.05, 0) is 19.3 Å². The molecule has 15 heavy (non-hydrogen) atoms. The summed E-state index contributed by atoms with van der Waals surface area (Å²) < 4.78 is 0. The van der Waals surface area contributed by atoms with Gasteiger partial charge in [-0.2, -0.15) is 5.10 Å². The zero-order chi connectivity index (χ0) is 11.0. The number of aromatic amines is 1. The summed E-state index contributed by atoms with van der Waals surface area (Å²) in [6.07, 6.45) is 1.20. The van der Waals surface area contributed by atoms with Crippen LogP contribution in [0.2, 0.25) is 0 Å². The van der Waals surface area contributed by atoms with E-state index in [0.717, 1.165) is 11.6 Å². The predicted octanol–water partition coefficient (Wildman–Crippen LogP) is 0.819. The highest BCUT2D eigenvalue weighted by molar-refractivity contribution is 5.93. The highest BCUT2D eigenvalue weighted by Crippen LogP contribution is 2.46. The summed E-state index contributed by atoms with van der Waals surface area (Å²) in [5, 5.41) is 9.61. The highest BCUT2D eigenvalue weighted by Gasteiger charge is 2.35. The Balaban J connectivity index is 1.98. The van der Waals surface area contributed by atoms with Crippen LogP contribution in [0.5, 0.6) is 0 Å². The van der Waals surface area contributed by atoms with E-state index in [1.165, 1.54) is 6.42 Å². The SMILES string of the molecule is CC(N)C(=O)Nc1cc(C2CC2C)[nH]n1. The molecule has 1 aromatic heterocycles. The second kappa shape index (κ2) is 3.66. The molecule has 1 aromatic rings. The molecule has 0 bridgehead atoms. The predicted molar refractivity (Wildman–Crippen MR) is 57.4 cm³/mol. The summed E-state index contributed by atoms with van der Waals surface area (Å²) in [4.78, 5) is 11.3. The molecule has 0 aliphatic heterocycles. The summed E-state index contributed by atoms with van der Waals surface area (Å²) in [5.74, 6) is 1.66. The second-order valence-electron chi connectivity index (χ2n) is 4.31. The van der Waals surface area contributed by atoms with E-state index in [9.17, 15) is 4.79 Å². The Bertz CT molecular complexity index is 371. The van der Waals surface area contributed by atoms with Crippen molar-refractivity contribution >= 4 is 11.7 Å². The van der Waals surface area contributed by atoms with Gasteiger partial charge in [-0.3, -0.25) is 9.89 Å². The normalized spacial score (nSPS) is 26.1. The van der Waals surface area contributed by atoms with Crippen LogP contribution in [-0.2, 0) is 4.79 Å². The molecule has 1 fully saturated rings. The molecule has 0 spiro atoms. The molecule has 1 amide bonds. The number of carbonyl (C=O) groups excluding carboxylic acids is 1. The van der Waals surface area contributed by atoms with Crippen molar-refractivity contribution in [2.45, 2.75) is 32.2 Å². The Morgan fingerprint density at radius 3 is 3.00 bits per heavy atom. The van der Waals surface area contributed by atoms with E-state index in [-0.39, 0.29) is 5.91 Å². The van der Waals surface area contributed by atoms with Gasteiger partial charge in [0.2, 0.25) is 5.91 Å². The van der Waals surface area contributed by atoms with Crippen LogP contribution in [0.1, 0.15) is 31.9 Å². The first-order valence-electron chi connectivity index (χ1n) is 5.19. The van der Waals surface area contributed by atoms with Crippen molar-refractivity contribution in [2.75, 3.05) is 5.32 Å². The highest BCUT2D eigenvalue weighted by atomic mass is 16.2. The summed E-state index contributed by atoms with van der Waals surface area (Å²) in [7, 11) is 0. The summed E-state index contributed by atoms with van der Waals surface area (Å²) in [6, 6.07) is 1.37. The Morgan fingerprint density at radius 1 is 1.80 bits per heavy atom. The van der Waals surface area contributed by atoms with Crippen molar-refractivity contribution in [3.05, 3.63) is 11.8 Å². The van der Waals surface area contributed by atoms with Crippen molar-refractivity contribution in [3.63, 3.8) is 0 Å². The Labute approximate surface area is 88.4 Å². The number of H-pyrrole nitrogens is 1. The lowest BCUT2D eigenvalue weighted by molar-refractivity contribution is -0.117. The number of nitrogens with two attached hydrogens (primary N) is 1. The van der Waals surface area contributed by atoms with Gasteiger partial charge >= 0.3 is 0 Å². The molecular formula is C10H16N4O. The lowest BCUT2D eigenvalue weighted by atomic mass is 10.2. The number of carbonyl (C=O) groups is 1. The van der Waals surface area contributed by atoms with Gasteiger partial charge in [0.25, 0.3) is 0 Å². The molecule has 5 heteroatoms. The summed E-state index contributed by atoms with van der Waals surface area (Å²) >= 11 is 0. The van der Waals surface area contributed by atoms with Crippen LogP contribution in [0.4, 0.5) is 5.82 Å². The first kappa shape index (κ1) is 10.2. The van der Waals surface area contributed by atoms with E-state index in [0.29, 0.717) is 11.7 Å². The zero-order valence-corrected chi connectivity index (χ0v) is 8.95. The largest absolute Gasteiger partial charge is 0.320 e. The molecule has 4 N–H and O–H groups in total. The molecule has 82 valence electrons. The molecule has 0 aromatic carbocycles. The Hall–Kier alpha value is -1.36. The maximum Gasteiger partial charge on any atom is 0.242 e. The van der Waals surface area contributed by atoms with Crippen LogP contribution in [0.3, 0.4) is 0 Å². The number of rotatable bonds is 3. The Morgan fingerprint density at radius 2 is 2.47 bits per heavy atom. The average molecular weight is 208 g/mol. The van der Waals surface area contributed by atoms with Crippen molar-refractivity contribution in [2.24, 2.45) is 11.7 Å². The molecule has 1 saturated carbocycles. The minimum Gasteiger partial charge on any atom is -0.320 e. The van der Waals surface area contributed by atoms with Crippen LogP contribution in [0, 0.1) is 5.92 Å². The quantitative estimate of drug-likeness (QED) is 0.687. The fourth-order valence-electron chi connectivity index (χ4n) is 1.59. The van der Waals surface area contributed by atoms with Gasteiger partial charge in [-0.25, -0.2) is 0 Å². The van der Waals surface area contributed by atoms with Crippen molar-refractivity contribution in [1.29, 1.82) is 0 Å². The van der Waals surface area contributed by atoms with Gasteiger partial charge in [0.1, 0.15) is 0 Å². The van der Waals surface area contributed by atoms with E-state index < -0.39 is 6.04 Å². The third kappa shape index (κ3) is 2.18. The van der Waals surface area contributed by atoms with Crippen molar-refractivity contribution in [3.8, 4) is 0 Å². The molecule has 2 rings (SSSR count). The van der Waals surface area contributed by atoms with Crippen LogP contribution in [-0.4, -0.2) is 22.1 Å². The number of nitrogens with one attached hydrogen (secondary N) is 2. The molecular weight excluding hydrogens is 192 g/mol. The maximum atomic E-state index is 11.3. The molecule has 0 radical (unpaired) electrons. The summed E-state index contributed by atoms with van der Waals surface area (Å²) in [5.41, 5.74) is 6.53. The molecule has 3 unspecified atom stereocenters. The van der Waals surface area contributed by atoms with E-state index in [2.05, 4.69) is 22.4 Å². The van der Waals surface area contributed by atoms with Gasteiger partial charge in [-0.15, -0.1) is 0 Å². The van der Waals surface area contributed by atoms with E-state index >= 15 is 0 Å². The number of aromatic nitrogens is 2. The smallest absolute Gasteiger partial charge is 0.242 e.